The molecule has 134 valence electrons. The van der Waals surface area contributed by atoms with Crippen LogP contribution in [-0.4, -0.2) is 36.5 Å². The van der Waals surface area contributed by atoms with Crippen molar-refractivity contribution >= 4 is 17.6 Å². The predicted molar refractivity (Wildman–Crippen MR) is 95.4 cm³/mol. The number of aryl methyl sites for hydroxylation is 2. The average molecular weight is 353 g/mol. The Balaban J connectivity index is 1.88. The number of nitrogens with one attached hydrogen (secondary N) is 1. The van der Waals surface area contributed by atoms with Crippen molar-refractivity contribution in [3.05, 3.63) is 64.7 Å². The smallest absolute Gasteiger partial charge is 0.339 e. The Labute approximate surface area is 150 Å². The first-order valence-corrected chi connectivity index (χ1v) is 8.03. The highest BCUT2D eigenvalue weighted by atomic mass is 16.4. The molecule has 2 aromatic heterocycles. The predicted octanol–water partition coefficient (Wildman–Crippen LogP) is 2.23. The van der Waals surface area contributed by atoms with E-state index in [4.69, 9.17) is 0 Å². The number of carbonyl (C=O) groups excluding carboxylic acids is 1. The Morgan fingerprint density at radius 1 is 1.19 bits per heavy atom. The molecule has 26 heavy (non-hydrogen) atoms. The molecule has 0 aliphatic heterocycles. The molecule has 0 aliphatic carbocycles. The molecule has 0 radical (unpaired) electrons. The summed E-state index contributed by atoms with van der Waals surface area (Å²) in [6, 6.07) is 9.87. The summed E-state index contributed by atoms with van der Waals surface area (Å²) in [7, 11) is 1.53. The van der Waals surface area contributed by atoms with Crippen LogP contribution in [0, 0.1) is 13.8 Å². The quantitative estimate of drug-likeness (QED) is 0.732. The van der Waals surface area contributed by atoms with E-state index in [9.17, 15) is 14.7 Å². The Morgan fingerprint density at radius 3 is 2.54 bits per heavy atom. The molecule has 8 heteroatoms. The first-order valence-electron chi connectivity index (χ1n) is 8.03. The molecular weight excluding hydrogens is 334 g/mol. The summed E-state index contributed by atoms with van der Waals surface area (Å²) < 4.78 is 3.06. The van der Waals surface area contributed by atoms with E-state index < -0.39 is 11.9 Å². The lowest BCUT2D eigenvalue weighted by atomic mass is 10.2. The van der Waals surface area contributed by atoms with Gasteiger partial charge in [-0.2, -0.15) is 10.2 Å². The van der Waals surface area contributed by atoms with Gasteiger partial charge in [-0.25, -0.2) is 4.79 Å². The van der Waals surface area contributed by atoms with E-state index in [0.29, 0.717) is 17.9 Å². The number of carboxylic acid groups (broad SMARTS) is 1. The zero-order valence-electron chi connectivity index (χ0n) is 14.7. The van der Waals surface area contributed by atoms with Crippen molar-refractivity contribution in [1.82, 2.24) is 19.6 Å². The molecule has 3 aromatic rings. The van der Waals surface area contributed by atoms with Gasteiger partial charge in [-0.05, 0) is 19.4 Å². The maximum Gasteiger partial charge on any atom is 0.339 e. The standard InChI is InChI=1S/C18H19N5O3/c1-11-15(12(2)23(21-11)10-13-7-5-4-6-8-13)20-17(24)16-14(18(25)26)9-19-22(16)3/h4-9H,10H2,1-3H3,(H,20,24)(H,25,26). The minimum Gasteiger partial charge on any atom is -0.478 e. The molecule has 0 saturated carbocycles. The topological polar surface area (TPSA) is 102 Å². The summed E-state index contributed by atoms with van der Waals surface area (Å²) in [5.74, 6) is -1.73. The van der Waals surface area contributed by atoms with Crippen molar-refractivity contribution in [2.45, 2.75) is 20.4 Å². The second-order valence-electron chi connectivity index (χ2n) is 5.98. The second-order valence-corrected chi connectivity index (χ2v) is 5.98. The highest BCUT2D eigenvalue weighted by Gasteiger charge is 2.23. The van der Waals surface area contributed by atoms with Crippen molar-refractivity contribution in [3.8, 4) is 0 Å². The summed E-state index contributed by atoms with van der Waals surface area (Å²) in [6.45, 7) is 4.24. The van der Waals surface area contributed by atoms with E-state index >= 15 is 0 Å². The van der Waals surface area contributed by atoms with Crippen molar-refractivity contribution in [2.24, 2.45) is 7.05 Å². The summed E-state index contributed by atoms with van der Waals surface area (Å²) in [6.07, 6.45) is 1.16. The third kappa shape index (κ3) is 3.21. The van der Waals surface area contributed by atoms with Gasteiger partial charge in [0, 0.05) is 7.05 Å². The third-order valence-electron chi connectivity index (χ3n) is 4.18. The largest absolute Gasteiger partial charge is 0.478 e. The van der Waals surface area contributed by atoms with Gasteiger partial charge in [0.2, 0.25) is 0 Å². The van der Waals surface area contributed by atoms with Crippen LogP contribution in [0.5, 0.6) is 0 Å². The van der Waals surface area contributed by atoms with Gasteiger partial charge in [0.1, 0.15) is 11.3 Å². The van der Waals surface area contributed by atoms with Gasteiger partial charge in [0.25, 0.3) is 5.91 Å². The van der Waals surface area contributed by atoms with Gasteiger partial charge in [-0.3, -0.25) is 14.2 Å². The number of aromatic carboxylic acids is 1. The molecule has 0 aliphatic rings. The van der Waals surface area contributed by atoms with Crippen molar-refractivity contribution in [3.63, 3.8) is 0 Å². The molecule has 2 N–H and O–H groups in total. The number of nitrogens with zero attached hydrogens (tertiary/aromatic N) is 4. The highest BCUT2D eigenvalue weighted by molar-refractivity contribution is 6.09. The second kappa shape index (κ2) is 6.83. The molecule has 1 amide bonds. The van der Waals surface area contributed by atoms with Crippen LogP contribution in [0.3, 0.4) is 0 Å². The molecule has 8 nitrogen and oxygen atoms in total. The lowest BCUT2D eigenvalue weighted by Crippen LogP contribution is -2.20. The fraction of sp³-hybridized carbons (Fsp3) is 0.222. The molecule has 0 atom stereocenters. The van der Waals surface area contributed by atoms with Gasteiger partial charge < -0.3 is 10.4 Å². The molecule has 0 saturated heterocycles. The van der Waals surface area contributed by atoms with Crippen molar-refractivity contribution in [1.29, 1.82) is 0 Å². The summed E-state index contributed by atoms with van der Waals surface area (Å²) in [5.41, 5.74) is 2.97. The Morgan fingerprint density at radius 2 is 1.88 bits per heavy atom. The number of amides is 1. The van der Waals surface area contributed by atoms with Crippen LogP contribution >= 0.6 is 0 Å². The maximum atomic E-state index is 12.6. The van der Waals surface area contributed by atoms with Crippen LogP contribution in [0.2, 0.25) is 0 Å². The molecule has 3 rings (SSSR count). The van der Waals surface area contributed by atoms with E-state index in [0.717, 1.165) is 17.5 Å². The Hall–Kier alpha value is -3.42. The van der Waals surface area contributed by atoms with Gasteiger partial charge in [0.15, 0.2) is 0 Å². The lowest BCUT2D eigenvalue weighted by Gasteiger charge is -2.08. The molecule has 1 aromatic carbocycles. The zero-order valence-corrected chi connectivity index (χ0v) is 14.7. The van der Waals surface area contributed by atoms with Gasteiger partial charge in [-0.15, -0.1) is 0 Å². The minimum absolute atomic E-state index is 0.00731. The molecule has 2 heterocycles. The van der Waals surface area contributed by atoms with Crippen molar-refractivity contribution < 1.29 is 14.7 Å². The van der Waals surface area contributed by atoms with Gasteiger partial charge >= 0.3 is 5.97 Å². The van der Waals surface area contributed by atoms with Gasteiger partial charge in [-0.1, -0.05) is 30.3 Å². The number of hydrogen-bond acceptors (Lipinski definition) is 4. The van der Waals surface area contributed by atoms with Crippen LogP contribution in [0.1, 0.15) is 37.8 Å². The molecule has 0 spiro atoms. The van der Waals surface area contributed by atoms with Crippen LogP contribution in [-0.2, 0) is 13.6 Å². The number of rotatable bonds is 5. The Kier molecular flexibility index (Phi) is 4.57. The van der Waals surface area contributed by atoms with Gasteiger partial charge in [0.05, 0.1) is 29.8 Å². The summed E-state index contributed by atoms with van der Waals surface area (Å²) in [4.78, 5) is 23.9. The normalized spacial score (nSPS) is 10.7. The van der Waals surface area contributed by atoms with Crippen LogP contribution in [0.15, 0.2) is 36.5 Å². The van der Waals surface area contributed by atoms with Crippen molar-refractivity contribution in [2.75, 3.05) is 5.32 Å². The number of benzene rings is 1. The third-order valence-corrected chi connectivity index (χ3v) is 4.18. The van der Waals surface area contributed by atoms with Crippen LogP contribution < -0.4 is 5.32 Å². The lowest BCUT2D eigenvalue weighted by molar-refractivity contribution is 0.0692. The fourth-order valence-electron chi connectivity index (χ4n) is 2.82. The molecule has 0 bridgehead atoms. The van der Waals surface area contributed by atoms with Crippen LogP contribution in [0.25, 0.3) is 0 Å². The SMILES string of the molecule is Cc1nn(Cc2ccccc2)c(C)c1NC(=O)c1c(C(=O)O)cnn1C. The van der Waals surface area contributed by atoms with Crippen LogP contribution in [0.4, 0.5) is 5.69 Å². The number of carboxylic acids is 1. The number of anilines is 1. The zero-order chi connectivity index (χ0) is 18.8. The summed E-state index contributed by atoms with van der Waals surface area (Å²) >= 11 is 0. The fourth-order valence-corrected chi connectivity index (χ4v) is 2.82. The van der Waals surface area contributed by atoms with E-state index in [-0.39, 0.29) is 11.3 Å². The van der Waals surface area contributed by atoms with E-state index in [1.54, 1.807) is 6.92 Å². The maximum absolute atomic E-state index is 12.6. The van der Waals surface area contributed by atoms with E-state index in [1.807, 2.05) is 41.9 Å². The monoisotopic (exact) mass is 353 g/mol. The molecular formula is C18H19N5O3. The average Bonchev–Trinajstić information content (AvgIpc) is 3.11. The summed E-state index contributed by atoms with van der Waals surface area (Å²) in [5, 5.41) is 20.3. The minimum atomic E-state index is -1.20. The van der Waals surface area contributed by atoms with E-state index in [1.165, 1.54) is 11.7 Å². The number of hydrogen-bond donors (Lipinski definition) is 2. The molecule has 0 fully saturated rings. The number of carbonyl (C=O) groups is 2. The first kappa shape index (κ1) is 17.4. The molecule has 0 unspecified atom stereocenters. The van der Waals surface area contributed by atoms with E-state index in [2.05, 4.69) is 15.5 Å². The first-order chi connectivity index (χ1) is 12.4. The Bertz CT molecular complexity index is 972. The highest BCUT2D eigenvalue weighted by Crippen LogP contribution is 2.22. The number of aromatic nitrogens is 4.